The van der Waals surface area contributed by atoms with Gasteiger partial charge in [-0.05, 0) is 19.1 Å². The van der Waals surface area contributed by atoms with Crippen molar-refractivity contribution < 1.29 is 17.6 Å². The van der Waals surface area contributed by atoms with Crippen molar-refractivity contribution in [2.45, 2.75) is 13.1 Å². The molecule has 2 aromatic heterocycles. The number of benzene rings is 1. The predicted molar refractivity (Wildman–Crippen MR) is 77.8 cm³/mol. The predicted octanol–water partition coefficient (Wildman–Crippen LogP) is 3.52. The summed E-state index contributed by atoms with van der Waals surface area (Å²) in [5, 5.41) is 4.32. The standard InChI is InChI=1S/C14H9F4N3OS/c1-6-19-9-3-7(8(15)4-11(9)23-6)13-10(22)5-12(14(16,17)18)21(2)20-13/h3-5H,1-2H3. The quantitative estimate of drug-likeness (QED) is 0.635. The van der Waals surface area contributed by atoms with Gasteiger partial charge in [-0.25, -0.2) is 9.37 Å². The molecule has 0 saturated carbocycles. The summed E-state index contributed by atoms with van der Waals surface area (Å²) in [6.07, 6.45) is -4.71. The zero-order valence-electron chi connectivity index (χ0n) is 11.9. The molecule has 0 aliphatic rings. The highest BCUT2D eigenvalue weighted by Gasteiger charge is 2.34. The van der Waals surface area contributed by atoms with Crippen LogP contribution in [0.2, 0.25) is 0 Å². The minimum absolute atomic E-state index is 0.169. The maximum Gasteiger partial charge on any atom is 0.433 e. The molecule has 0 atom stereocenters. The molecule has 0 N–H and O–H groups in total. The van der Waals surface area contributed by atoms with Crippen LogP contribution in [0, 0.1) is 12.7 Å². The van der Waals surface area contributed by atoms with Crippen molar-refractivity contribution in [3.63, 3.8) is 0 Å². The highest BCUT2D eigenvalue weighted by atomic mass is 32.1. The van der Waals surface area contributed by atoms with Crippen molar-refractivity contribution in [3.05, 3.63) is 44.9 Å². The zero-order chi connectivity index (χ0) is 16.9. The van der Waals surface area contributed by atoms with Crippen molar-refractivity contribution in [3.8, 4) is 11.3 Å². The minimum atomic E-state index is -4.71. The molecular formula is C14H9F4N3OS. The Morgan fingerprint density at radius 2 is 1.91 bits per heavy atom. The summed E-state index contributed by atoms with van der Waals surface area (Å²) in [6, 6.07) is 2.94. The molecule has 0 spiro atoms. The summed E-state index contributed by atoms with van der Waals surface area (Å²) in [5.74, 6) is -0.731. The molecule has 0 bridgehead atoms. The summed E-state index contributed by atoms with van der Waals surface area (Å²) >= 11 is 1.28. The van der Waals surface area contributed by atoms with Gasteiger partial charge in [-0.1, -0.05) is 0 Å². The highest BCUT2D eigenvalue weighted by molar-refractivity contribution is 7.18. The third kappa shape index (κ3) is 2.72. The minimum Gasteiger partial charge on any atom is -0.287 e. The number of rotatable bonds is 1. The summed E-state index contributed by atoms with van der Waals surface area (Å²) in [4.78, 5) is 16.2. The number of nitrogens with zero attached hydrogens (tertiary/aromatic N) is 3. The average Bonchev–Trinajstić information content (AvgIpc) is 2.78. The summed E-state index contributed by atoms with van der Waals surface area (Å²) < 4.78 is 53.7. The van der Waals surface area contributed by atoms with E-state index in [0.717, 1.165) is 7.05 Å². The Balaban J connectivity index is 2.25. The molecule has 23 heavy (non-hydrogen) atoms. The van der Waals surface area contributed by atoms with Crippen LogP contribution < -0.4 is 5.43 Å². The molecule has 0 fully saturated rings. The summed E-state index contributed by atoms with van der Waals surface area (Å²) in [6.45, 7) is 1.75. The lowest BCUT2D eigenvalue weighted by Crippen LogP contribution is -2.22. The number of hydrogen-bond donors (Lipinski definition) is 0. The van der Waals surface area contributed by atoms with E-state index in [4.69, 9.17) is 0 Å². The first-order valence-corrected chi connectivity index (χ1v) is 7.21. The number of aromatic nitrogens is 3. The number of hydrogen-bond acceptors (Lipinski definition) is 4. The highest BCUT2D eigenvalue weighted by Crippen LogP contribution is 2.30. The maximum absolute atomic E-state index is 14.2. The molecule has 3 aromatic rings. The first-order valence-electron chi connectivity index (χ1n) is 6.39. The zero-order valence-corrected chi connectivity index (χ0v) is 12.7. The van der Waals surface area contributed by atoms with Gasteiger partial charge in [0.25, 0.3) is 0 Å². The van der Waals surface area contributed by atoms with Gasteiger partial charge < -0.3 is 0 Å². The van der Waals surface area contributed by atoms with E-state index >= 15 is 0 Å². The first-order chi connectivity index (χ1) is 10.7. The molecule has 0 saturated heterocycles. The van der Waals surface area contributed by atoms with Crippen LogP contribution in [0.5, 0.6) is 0 Å². The molecule has 1 aromatic carbocycles. The number of thiazole rings is 1. The van der Waals surface area contributed by atoms with E-state index in [0.29, 0.717) is 26.0 Å². The molecule has 2 heterocycles. The lowest BCUT2D eigenvalue weighted by Gasteiger charge is -2.12. The number of aryl methyl sites for hydroxylation is 2. The Labute approximate surface area is 131 Å². The Bertz CT molecular complexity index is 975. The van der Waals surface area contributed by atoms with E-state index in [2.05, 4.69) is 10.1 Å². The van der Waals surface area contributed by atoms with Crippen molar-refractivity contribution in [2.24, 2.45) is 7.05 Å². The fourth-order valence-electron chi connectivity index (χ4n) is 2.24. The molecule has 3 rings (SSSR count). The molecule has 120 valence electrons. The maximum atomic E-state index is 14.2. The summed E-state index contributed by atoms with van der Waals surface area (Å²) in [5.41, 5.74) is -2.28. The Morgan fingerprint density at radius 1 is 1.22 bits per heavy atom. The normalized spacial score (nSPS) is 12.1. The molecule has 4 nitrogen and oxygen atoms in total. The van der Waals surface area contributed by atoms with Gasteiger partial charge in [-0.3, -0.25) is 9.48 Å². The van der Waals surface area contributed by atoms with Crippen LogP contribution in [-0.2, 0) is 13.2 Å². The monoisotopic (exact) mass is 343 g/mol. The Hall–Kier alpha value is -2.29. The second-order valence-corrected chi connectivity index (χ2v) is 6.13. The van der Waals surface area contributed by atoms with Gasteiger partial charge in [-0.2, -0.15) is 18.3 Å². The van der Waals surface area contributed by atoms with E-state index < -0.39 is 23.1 Å². The first kappa shape index (κ1) is 15.6. The van der Waals surface area contributed by atoms with Gasteiger partial charge in [-0.15, -0.1) is 11.3 Å². The second kappa shape index (κ2) is 5.12. The van der Waals surface area contributed by atoms with Crippen LogP contribution in [0.4, 0.5) is 17.6 Å². The molecule has 0 aliphatic carbocycles. The smallest absolute Gasteiger partial charge is 0.287 e. The van der Waals surface area contributed by atoms with Crippen LogP contribution in [0.1, 0.15) is 10.7 Å². The number of alkyl halides is 3. The lowest BCUT2D eigenvalue weighted by atomic mass is 10.1. The van der Waals surface area contributed by atoms with Gasteiger partial charge in [0, 0.05) is 18.7 Å². The van der Waals surface area contributed by atoms with Gasteiger partial charge in [0.1, 0.15) is 17.2 Å². The Morgan fingerprint density at radius 3 is 2.57 bits per heavy atom. The van der Waals surface area contributed by atoms with Crippen LogP contribution in [-0.4, -0.2) is 14.8 Å². The topological polar surface area (TPSA) is 47.8 Å². The summed E-state index contributed by atoms with van der Waals surface area (Å²) in [7, 11) is 1.05. The number of fused-ring (bicyclic) bond motifs is 1. The van der Waals surface area contributed by atoms with E-state index in [9.17, 15) is 22.4 Å². The Kier molecular flexibility index (Phi) is 3.47. The third-order valence-electron chi connectivity index (χ3n) is 3.23. The van der Waals surface area contributed by atoms with Gasteiger partial charge in [0.05, 0.1) is 15.2 Å². The molecule has 0 unspecified atom stereocenters. The van der Waals surface area contributed by atoms with Gasteiger partial charge in [0.2, 0.25) is 5.43 Å². The van der Waals surface area contributed by atoms with Crippen LogP contribution in [0.15, 0.2) is 23.0 Å². The number of halogens is 4. The molecule has 9 heteroatoms. The lowest BCUT2D eigenvalue weighted by molar-refractivity contribution is -0.144. The van der Waals surface area contributed by atoms with Gasteiger partial charge in [0.15, 0.2) is 0 Å². The van der Waals surface area contributed by atoms with Crippen LogP contribution in [0.25, 0.3) is 21.5 Å². The molecule has 0 aliphatic heterocycles. The average molecular weight is 343 g/mol. The van der Waals surface area contributed by atoms with Crippen LogP contribution in [0.3, 0.4) is 0 Å². The van der Waals surface area contributed by atoms with Gasteiger partial charge >= 0.3 is 6.18 Å². The molecular weight excluding hydrogens is 334 g/mol. The van der Waals surface area contributed by atoms with E-state index in [-0.39, 0.29) is 11.3 Å². The molecule has 0 amide bonds. The van der Waals surface area contributed by atoms with Crippen molar-refractivity contribution in [1.82, 2.24) is 14.8 Å². The van der Waals surface area contributed by atoms with Crippen molar-refractivity contribution >= 4 is 21.6 Å². The second-order valence-electron chi connectivity index (χ2n) is 4.90. The SMILES string of the molecule is Cc1nc2cc(-c3nn(C)c(C(F)(F)F)cc3=O)c(F)cc2s1. The fourth-order valence-corrected chi connectivity index (χ4v) is 3.07. The van der Waals surface area contributed by atoms with E-state index in [1.165, 1.54) is 23.5 Å². The van der Waals surface area contributed by atoms with Crippen LogP contribution >= 0.6 is 11.3 Å². The largest absolute Gasteiger partial charge is 0.433 e. The van der Waals surface area contributed by atoms with E-state index in [1.54, 1.807) is 6.92 Å². The van der Waals surface area contributed by atoms with Crippen molar-refractivity contribution in [1.29, 1.82) is 0 Å². The third-order valence-corrected chi connectivity index (χ3v) is 4.16. The fraction of sp³-hybridized carbons (Fsp3) is 0.214. The van der Waals surface area contributed by atoms with Crippen molar-refractivity contribution in [2.75, 3.05) is 0 Å². The molecule has 0 radical (unpaired) electrons. The van der Waals surface area contributed by atoms with E-state index in [1.807, 2.05) is 0 Å².